The molecule has 0 aliphatic carbocycles. The second-order valence-corrected chi connectivity index (χ2v) is 6.49. The molecule has 0 N–H and O–H groups in total. The minimum absolute atomic E-state index is 0.271. The van der Waals surface area contributed by atoms with Crippen LogP contribution in [-0.4, -0.2) is 12.6 Å². The molecular weight excluding hydrogens is 324 g/mol. The standard InChI is InChI=1S/C20H23ClO3/c1-14(2)19-11-10-18(13-15(19)3)23-12-4-5-20(22)24-17-8-6-16(21)7-9-17/h6-11,13-14H,4-5,12H2,1-3H3. The first-order valence-electron chi connectivity index (χ1n) is 8.15. The number of rotatable bonds is 7. The number of hydrogen-bond acceptors (Lipinski definition) is 3. The van der Waals surface area contributed by atoms with Gasteiger partial charge in [-0.15, -0.1) is 0 Å². The summed E-state index contributed by atoms with van der Waals surface area (Å²) in [6.45, 7) is 6.92. The quantitative estimate of drug-likeness (QED) is 0.375. The molecule has 2 rings (SSSR count). The molecule has 0 saturated carbocycles. The van der Waals surface area contributed by atoms with Gasteiger partial charge in [0.15, 0.2) is 0 Å². The summed E-state index contributed by atoms with van der Waals surface area (Å²) in [7, 11) is 0. The van der Waals surface area contributed by atoms with E-state index < -0.39 is 0 Å². The predicted molar refractivity (Wildman–Crippen MR) is 97.1 cm³/mol. The lowest BCUT2D eigenvalue weighted by Gasteiger charge is -2.12. The molecule has 4 heteroatoms. The number of carbonyl (C=O) groups is 1. The molecule has 0 saturated heterocycles. The average Bonchev–Trinajstić information content (AvgIpc) is 2.53. The Bertz CT molecular complexity index is 678. The Hall–Kier alpha value is -2.00. The monoisotopic (exact) mass is 346 g/mol. The molecule has 0 bridgehead atoms. The van der Waals surface area contributed by atoms with Crippen molar-refractivity contribution in [3.8, 4) is 11.5 Å². The largest absolute Gasteiger partial charge is 0.494 e. The average molecular weight is 347 g/mol. The Kier molecular flexibility index (Phi) is 6.68. The highest BCUT2D eigenvalue weighted by molar-refractivity contribution is 6.30. The number of esters is 1. The molecule has 2 aromatic carbocycles. The fourth-order valence-corrected chi connectivity index (χ4v) is 2.60. The maximum atomic E-state index is 11.8. The smallest absolute Gasteiger partial charge is 0.311 e. The SMILES string of the molecule is Cc1cc(OCCCC(=O)Oc2ccc(Cl)cc2)ccc1C(C)C. The van der Waals surface area contributed by atoms with Crippen LogP contribution in [0.15, 0.2) is 42.5 Å². The second-order valence-electron chi connectivity index (χ2n) is 6.05. The van der Waals surface area contributed by atoms with Gasteiger partial charge in [0.1, 0.15) is 11.5 Å². The number of hydrogen-bond donors (Lipinski definition) is 0. The maximum Gasteiger partial charge on any atom is 0.311 e. The summed E-state index contributed by atoms with van der Waals surface area (Å²) in [6, 6.07) is 12.9. The van der Waals surface area contributed by atoms with Gasteiger partial charge in [0.25, 0.3) is 0 Å². The number of carbonyl (C=O) groups excluding carboxylic acids is 1. The Morgan fingerprint density at radius 1 is 1.08 bits per heavy atom. The lowest BCUT2D eigenvalue weighted by molar-refractivity contribution is -0.134. The fraction of sp³-hybridized carbons (Fsp3) is 0.350. The highest BCUT2D eigenvalue weighted by Crippen LogP contribution is 2.23. The predicted octanol–water partition coefficient (Wildman–Crippen LogP) is 5.54. The van der Waals surface area contributed by atoms with Gasteiger partial charge in [0, 0.05) is 11.4 Å². The second kappa shape index (κ2) is 8.74. The third-order valence-electron chi connectivity index (χ3n) is 3.70. The highest BCUT2D eigenvalue weighted by Gasteiger charge is 2.07. The minimum atomic E-state index is -0.271. The molecule has 0 heterocycles. The van der Waals surface area contributed by atoms with Gasteiger partial charge in [-0.25, -0.2) is 0 Å². The third kappa shape index (κ3) is 5.57. The van der Waals surface area contributed by atoms with Crippen LogP contribution in [-0.2, 0) is 4.79 Å². The van der Waals surface area contributed by atoms with Crippen molar-refractivity contribution >= 4 is 17.6 Å². The molecule has 24 heavy (non-hydrogen) atoms. The summed E-state index contributed by atoms with van der Waals surface area (Å²) in [5.74, 6) is 1.57. The molecule has 0 amide bonds. The van der Waals surface area contributed by atoms with Crippen LogP contribution < -0.4 is 9.47 Å². The van der Waals surface area contributed by atoms with Crippen LogP contribution in [0.2, 0.25) is 5.02 Å². The van der Waals surface area contributed by atoms with Crippen LogP contribution in [0.25, 0.3) is 0 Å². The molecule has 0 unspecified atom stereocenters. The molecule has 0 fully saturated rings. The van der Waals surface area contributed by atoms with Crippen LogP contribution >= 0.6 is 11.6 Å². The number of aryl methyl sites for hydroxylation is 1. The van der Waals surface area contributed by atoms with E-state index >= 15 is 0 Å². The Morgan fingerprint density at radius 2 is 1.75 bits per heavy atom. The number of halogens is 1. The molecular formula is C20H23ClO3. The normalized spacial score (nSPS) is 10.7. The summed E-state index contributed by atoms with van der Waals surface area (Å²) in [5.41, 5.74) is 2.55. The van der Waals surface area contributed by atoms with Crippen molar-refractivity contribution in [2.75, 3.05) is 6.61 Å². The minimum Gasteiger partial charge on any atom is -0.494 e. The maximum absolute atomic E-state index is 11.8. The number of benzene rings is 2. The summed E-state index contributed by atoms with van der Waals surface area (Å²) in [5, 5.41) is 0.613. The van der Waals surface area contributed by atoms with E-state index in [1.807, 2.05) is 12.1 Å². The van der Waals surface area contributed by atoms with Gasteiger partial charge in [0.2, 0.25) is 0 Å². The van der Waals surface area contributed by atoms with Crippen molar-refractivity contribution in [2.24, 2.45) is 0 Å². The van der Waals surface area contributed by atoms with E-state index in [1.54, 1.807) is 24.3 Å². The molecule has 2 aromatic rings. The topological polar surface area (TPSA) is 35.5 Å². The molecule has 0 aromatic heterocycles. The third-order valence-corrected chi connectivity index (χ3v) is 3.95. The van der Waals surface area contributed by atoms with E-state index in [9.17, 15) is 4.79 Å². The molecule has 0 aliphatic heterocycles. The van der Waals surface area contributed by atoms with Gasteiger partial charge < -0.3 is 9.47 Å². The molecule has 128 valence electrons. The summed E-state index contributed by atoms with van der Waals surface area (Å²) < 4.78 is 10.9. The zero-order chi connectivity index (χ0) is 17.5. The van der Waals surface area contributed by atoms with Crippen LogP contribution in [0.3, 0.4) is 0 Å². The van der Waals surface area contributed by atoms with Crippen LogP contribution in [0.4, 0.5) is 0 Å². The van der Waals surface area contributed by atoms with Gasteiger partial charge in [-0.2, -0.15) is 0 Å². The van der Waals surface area contributed by atoms with E-state index in [0.29, 0.717) is 36.1 Å². The van der Waals surface area contributed by atoms with Gasteiger partial charge in [-0.1, -0.05) is 31.5 Å². The van der Waals surface area contributed by atoms with E-state index in [-0.39, 0.29) is 5.97 Å². The zero-order valence-electron chi connectivity index (χ0n) is 14.3. The van der Waals surface area contributed by atoms with E-state index in [4.69, 9.17) is 21.1 Å². The van der Waals surface area contributed by atoms with Crippen LogP contribution in [0.1, 0.15) is 43.7 Å². The summed E-state index contributed by atoms with van der Waals surface area (Å²) in [6.07, 6.45) is 0.920. The van der Waals surface area contributed by atoms with Crippen LogP contribution in [0, 0.1) is 6.92 Å². The Labute approximate surface area is 148 Å². The Morgan fingerprint density at radius 3 is 2.38 bits per heavy atom. The van der Waals surface area contributed by atoms with Crippen molar-refractivity contribution in [3.63, 3.8) is 0 Å². The van der Waals surface area contributed by atoms with Crippen molar-refractivity contribution in [3.05, 3.63) is 58.6 Å². The summed E-state index contributed by atoms with van der Waals surface area (Å²) >= 11 is 5.79. The van der Waals surface area contributed by atoms with Gasteiger partial charge in [-0.3, -0.25) is 4.79 Å². The molecule has 3 nitrogen and oxygen atoms in total. The van der Waals surface area contributed by atoms with Crippen molar-refractivity contribution in [1.82, 2.24) is 0 Å². The van der Waals surface area contributed by atoms with Gasteiger partial charge in [-0.05, 0) is 66.8 Å². The number of ether oxygens (including phenoxy) is 2. The van der Waals surface area contributed by atoms with Gasteiger partial charge >= 0.3 is 5.97 Å². The van der Waals surface area contributed by atoms with Crippen molar-refractivity contribution in [1.29, 1.82) is 0 Å². The lowest BCUT2D eigenvalue weighted by atomic mass is 9.98. The highest BCUT2D eigenvalue weighted by atomic mass is 35.5. The van der Waals surface area contributed by atoms with Gasteiger partial charge in [0.05, 0.1) is 6.61 Å². The lowest BCUT2D eigenvalue weighted by Crippen LogP contribution is -2.10. The van der Waals surface area contributed by atoms with E-state index in [0.717, 1.165) is 5.75 Å². The van der Waals surface area contributed by atoms with Crippen molar-refractivity contribution < 1.29 is 14.3 Å². The molecule has 0 atom stereocenters. The van der Waals surface area contributed by atoms with Crippen molar-refractivity contribution in [2.45, 2.75) is 39.5 Å². The van der Waals surface area contributed by atoms with E-state index in [2.05, 4.69) is 26.8 Å². The first-order chi connectivity index (χ1) is 11.5. The molecule has 0 aliphatic rings. The molecule has 0 radical (unpaired) electrons. The first-order valence-corrected chi connectivity index (χ1v) is 8.53. The Balaban J connectivity index is 1.73. The fourth-order valence-electron chi connectivity index (χ4n) is 2.48. The first kappa shape index (κ1) is 18.3. The van der Waals surface area contributed by atoms with E-state index in [1.165, 1.54) is 11.1 Å². The van der Waals surface area contributed by atoms with Crippen LogP contribution in [0.5, 0.6) is 11.5 Å². The molecule has 0 spiro atoms. The zero-order valence-corrected chi connectivity index (χ0v) is 15.1. The summed E-state index contributed by atoms with van der Waals surface area (Å²) in [4.78, 5) is 11.8.